The first-order valence-corrected chi connectivity index (χ1v) is 8.40. The van der Waals surface area contributed by atoms with Gasteiger partial charge in [-0.2, -0.15) is 10.2 Å². The summed E-state index contributed by atoms with van der Waals surface area (Å²) >= 11 is 0. The maximum atomic E-state index is 12.9. The molecule has 0 atom stereocenters. The van der Waals surface area contributed by atoms with Crippen LogP contribution < -0.4 is 0 Å². The van der Waals surface area contributed by atoms with Crippen molar-refractivity contribution in [3.63, 3.8) is 0 Å². The van der Waals surface area contributed by atoms with Crippen molar-refractivity contribution in [1.82, 2.24) is 24.5 Å². The number of carbonyl (C=O) groups excluding carboxylic acids is 1. The Morgan fingerprint density at radius 2 is 1.84 bits per heavy atom. The summed E-state index contributed by atoms with van der Waals surface area (Å²) < 4.78 is 3.68. The van der Waals surface area contributed by atoms with Gasteiger partial charge in [0.25, 0.3) is 5.91 Å². The van der Waals surface area contributed by atoms with Crippen LogP contribution in [0.1, 0.15) is 34.4 Å². The summed E-state index contributed by atoms with van der Waals surface area (Å²) in [6.45, 7) is 7.14. The predicted molar refractivity (Wildman–Crippen MR) is 96.7 cm³/mol. The zero-order chi connectivity index (χ0) is 18.0. The molecule has 0 radical (unpaired) electrons. The second-order valence-electron chi connectivity index (χ2n) is 6.12. The third kappa shape index (κ3) is 3.33. The first kappa shape index (κ1) is 17.0. The zero-order valence-corrected chi connectivity index (χ0v) is 15.1. The number of para-hydroxylation sites is 1. The van der Waals surface area contributed by atoms with Gasteiger partial charge in [0.15, 0.2) is 0 Å². The fourth-order valence-corrected chi connectivity index (χ4v) is 2.94. The zero-order valence-electron chi connectivity index (χ0n) is 15.1. The molecule has 0 aliphatic carbocycles. The van der Waals surface area contributed by atoms with Gasteiger partial charge in [0.2, 0.25) is 0 Å². The van der Waals surface area contributed by atoms with Crippen molar-refractivity contribution in [2.45, 2.75) is 33.9 Å². The molecule has 0 N–H and O–H groups in total. The molecule has 0 aliphatic heterocycles. The van der Waals surface area contributed by atoms with Gasteiger partial charge in [0.1, 0.15) is 0 Å². The van der Waals surface area contributed by atoms with E-state index >= 15 is 0 Å². The lowest BCUT2D eigenvalue weighted by molar-refractivity contribution is 0.0781. The average Bonchev–Trinajstić information content (AvgIpc) is 3.19. The highest BCUT2D eigenvalue weighted by atomic mass is 16.2. The SMILES string of the molecule is CCn1ccc(CN(C)C(=O)c2c(C)nn(-c3ccccc3)c2C)n1. The van der Waals surface area contributed by atoms with E-state index in [4.69, 9.17) is 0 Å². The van der Waals surface area contributed by atoms with Crippen LogP contribution in [0.2, 0.25) is 0 Å². The molecule has 0 saturated carbocycles. The topological polar surface area (TPSA) is 56.0 Å². The molecular formula is C19H23N5O. The van der Waals surface area contributed by atoms with Crippen LogP contribution in [0.3, 0.4) is 0 Å². The third-order valence-corrected chi connectivity index (χ3v) is 4.27. The van der Waals surface area contributed by atoms with Crippen molar-refractivity contribution in [2.24, 2.45) is 0 Å². The van der Waals surface area contributed by atoms with Crippen molar-refractivity contribution >= 4 is 5.91 Å². The normalized spacial score (nSPS) is 10.9. The fourth-order valence-electron chi connectivity index (χ4n) is 2.94. The number of amides is 1. The molecule has 1 aromatic carbocycles. The minimum atomic E-state index is -0.0387. The van der Waals surface area contributed by atoms with E-state index in [0.717, 1.165) is 29.3 Å². The Balaban J connectivity index is 1.85. The number of hydrogen-bond donors (Lipinski definition) is 0. The molecule has 0 bridgehead atoms. The number of rotatable bonds is 5. The van der Waals surface area contributed by atoms with Crippen LogP contribution in [0, 0.1) is 13.8 Å². The summed E-state index contributed by atoms with van der Waals surface area (Å²) in [6.07, 6.45) is 1.93. The minimum absolute atomic E-state index is 0.0387. The Morgan fingerprint density at radius 3 is 2.48 bits per heavy atom. The number of carbonyl (C=O) groups is 1. The summed E-state index contributed by atoms with van der Waals surface area (Å²) in [5, 5.41) is 9.00. The molecule has 6 nitrogen and oxygen atoms in total. The van der Waals surface area contributed by atoms with Gasteiger partial charge in [-0.05, 0) is 39.0 Å². The Hall–Kier alpha value is -2.89. The molecule has 1 amide bonds. The molecule has 3 rings (SSSR count). The number of hydrogen-bond acceptors (Lipinski definition) is 3. The maximum absolute atomic E-state index is 12.9. The minimum Gasteiger partial charge on any atom is -0.336 e. The molecule has 0 fully saturated rings. The lowest BCUT2D eigenvalue weighted by atomic mass is 10.1. The second kappa shape index (κ2) is 6.93. The Morgan fingerprint density at radius 1 is 1.12 bits per heavy atom. The van der Waals surface area contributed by atoms with Gasteiger partial charge in [0, 0.05) is 19.8 Å². The standard InChI is InChI=1S/C19H23N5O/c1-5-23-12-11-16(21-23)13-22(4)19(25)18-14(2)20-24(15(18)3)17-9-7-6-8-10-17/h6-12H,5,13H2,1-4H3. The van der Waals surface area contributed by atoms with E-state index < -0.39 is 0 Å². The smallest absolute Gasteiger partial charge is 0.257 e. The largest absolute Gasteiger partial charge is 0.336 e. The van der Waals surface area contributed by atoms with Crippen molar-refractivity contribution in [1.29, 1.82) is 0 Å². The molecule has 25 heavy (non-hydrogen) atoms. The van der Waals surface area contributed by atoms with Gasteiger partial charge in [0.05, 0.1) is 34.9 Å². The number of benzene rings is 1. The summed E-state index contributed by atoms with van der Waals surface area (Å²) in [4.78, 5) is 14.6. The van der Waals surface area contributed by atoms with Crippen LogP contribution in [0.5, 0.6) is 0 Å². The first-order chi connectivity index (χ1) is 12.0. The van der Waals surface area contributed by atoms with Crippen molar-refractivity contribution in [3.8, 4) is 5.69 Å². The van der Waals surface area contributed by atoms with E-state index in [1.54, 1.807) is 11.9 Å². The summed E-state index contributed by atoms with van der Waals surface area (Å²) in [6, 6.07) is 11.8. The van der Waals surface area contributed by atoms with Crippen LogP contribution in [0.15, 0.2) is 42.6 Å². The fraction of sp³-hybridized carbons (Fsp3) is 0.316. The molecule has 0 saturated heterocycles. The Bertz CT molecular complexity index is 879. The number of aromatic nitrogens is 4. The van der Waals surface area contributed by atoms with E-state index in [0.29, 0.717) is 12.1 Å². The molecule has 0 unspecified atom stereocenters. The van der Waals surface area contributed by atoms with Crippen LogP contribution in [-0.2, 0) is 13.1 Å². The van der Waals surface area contributed by atoms with Gasteiger partial charge in [-0.25, -0.2) is 4.68 Å². The highest BCUT2D eigenvalue weighted by molar-refractivity contribution is 5.96. The Labute approximate surface area is 147 Å². The van der Waals surface area contributed by atoms with E-state index in [1.165, 1.54) is 0 Å². The van der Waals surface area contributed by atoms with Crippen molar-refractivity contribution < 1.29 is 4.79 Å². The lowest BCUT2D eigenvalue weighted by Crippen LogP contribution is -2.27. The van der Waals surface area contributed by atoms with Crippen LogP contribution >= 0.6 is 0 Å². The monoisotopic (exact) mass is 337 g/mol. The van der Waals surface area contributed by atoms with Crippen LogP contribution in [-0.4, -0.2) is 37.4 Å². The summed E-state index contributed by atoms with van der Waals surface area (Å²) in [5.74, 6) is -0.0387. The molecule has 0 aliphatic rings. The van der Waals surface area contributed by atoms with Gasteiger partial charge in [-0.3, -0.25) is 9.48 Å². The highest BCUT2D eigenvalue weighted by Gasteiger charge is 2.22. The highest BCUT2D eigenvalue weighted by Crippen LogP contribution is 2.19. The van der Waals surface area contributed by atoms with Gasteiger partial charge < -0.3 is 4.90 Å². The van der Waals surface area contributed by atoms with E-state index in [-0.39, 0.29) is 5.91 Å². The molecule has 130 valence electrons. The number of aryl methyl sites for hydroxylation is 2. The summed E-state index contributed by atoms with van der Waals surface area (Å²) in [7, 11) is 1.80. The van der Waals surface area contributed by atoms with Crippen LogP contribution in [0.25, 0.3) is 5.69 Å². The van der Waals surface area contributed by atoms with Gasteiger partial charge >= 0.3 is 0 Å². The van der Waals surface area contributed by atoms with Gasteiger partial charge in [-0.1, -0.05) is 18.2 Å². The third-order valence-electron chi connectivity index (χ3n) is 4.27. The molecule has 2 heterocycles. The lowest BCUT2D eigenvalue weighted by Gasteiger charge is -2.16. The van der Waals surface area contributed by atoms with Crippen molar-refractivity contribution in [2.75, 3.05) is 7.05 Å². The maximum Gasteiger partial charge on any atom is 0.257 e. The first-order valence-electron chi connectivity index (χ1n) is 8.40. The quantitative estimate of drug-likeness (QED) is 0.719. The summed E-state index contributed by atoms with van der Waals surface area (Å²) in [5.41, 5.74) is 4.06. The van der Waals surface area contributed by atoms with Gasteiger partial charge in [-0.15, -0.1) is 0 Å². The van der Waals surface area contributed by atoms with Crippen LogP contribution in [0.4, 0.5) is 0 Å². The average molecular weight is 337 g/mol. The molecular weight excluding hydrogens is 314 g/mol. The molecule has 2 aromatic heterocycles. The second-order valence-corrected chi connectivity index (χ2v) is 6.12. The van der Waals surface area contributed by atoms with E-state index in [9.17, 15) is 4.79 Å². The molecule has 0 spiro atoms. The van der Waals surface area contributed by atoms with Crippen molar-refractivity contribution in [3.05, 3.63) is 65.2 Å². The molecule has 6 heteroatoms. The molecule has 3 aromatic rings. The number of nitrogens with zero attached hydrogens (tertiary/aromatic N) is 5. The predicted octanol–water partition coefficient (Wildman–Crippen LogP) is 2.98. The Kier molecular flexibility index (Phi) is 4.70. The van der Waals surface area contributed by atoms with E-state index in [2.05, 4.69) is 10.2 Å². The van der Waals surface area contributed by atoms with E-state index in [1.807, 2.05) is 72.7 Å².